The molecular weight excluding hydrogens is 440 g/mol. The van der Waals surface area contributed by atoms with E-state index in [1.807, 2.05) is 43.3 Å². The second-order valence-corrected chi connectivity index (χ2v) is 10.1. The van der Waals surface area contributed by atoms with Crippen molar-refractivity contribution >= 4 is 34.3 Å². The predicted octanol–water partition coefficient (Wildman–Crippen LogP) is 5.51. The number of fused-ring (bicyclic) bond motifs is 1. The Balaban J connectivity index is 1.91. The highest BCUT2D eigenvalue weighted by molar-refractivity contribution is 5.96. The van der Waals surface area contributed by atoms with Gasteiger partial charge >= 0.3 is 5.97 Å². The van der Waals surface area contributed by atoms with Crippen LogP contribution < -0.4 is 10.2 Å². The van der Waals surface area contributed by atoms with E-state index in [1.165, 1.54) is 0 Å². The molecule has 0 saturated heterocycles. The van der Waals surface area contributed by atoms with E-state index in [0.717, 1.165) is 40.9 Å². The van der Waals surface area contributed by atoms with Crippen LogP contribution in [0.3, 0.4) is 0 Å². The highest BCUT2D eigenvalue weighted by Gasteiger charge is 2.19. The summed E-state index contributed by atoms with van der Waals surface area (Å²) in [6.45, 7) is 12.3. The number of carbonyl (C=O) groups excluding carboxylic acids is 1. The van der Waals surface area contributed by atoms with Gasteiger partial charge in [0.2, 0.25) is 5.91 Å². The molecule has 0 aliphatic heterocycles. The van der Waals surface area contributed by atoms with Gasteiger partial charge in [0.15, 0.2) is 0 Å². The van der Waals surface area contributed by atoms with Crippen molar-refractivity contribution in [3.63, 3.8) is 0 Å². The molecule has 1 amide bonds. The van der Waals surface area contributed by atoms with E-state index in [0.29, 0.717) is 17.5 Å². The van der Waals surface area contributed by atoms with E-state index in [4.69, 9.17) is 0 Å². The number of benzene rings is 2. The molecule has 0 spiro atoms. The Morgan fingerprint density at radius 2 is 1.57 bits per heavy atom. The summed E-state index contributed by atoms with van der Waals surface area (Å²) >= 11 is 0. The van der Waals surface area contributed by atoms with Crippen molar-refractivity contribution in [1.82, 2.24) is 9.97 Å². The van der Waals surface area contributed by atoms with Gasteiger partial charge in [0.25, 0.3) is 0 Å². The number of hydrogen-bond donors (Lipinski definition) is 2. The maximum Gasteiger partial charge on any atom is 0.303 e. The molecule has 0 fully saturated rings. The first-order chi connectivity index (χ1) is 16.6. The van der Waals surface area contributed by atoms with Gasteiger partial charge < -0.3 is 15.3 Å². The summed E-state index contributed by atoms with van der Waals surface area (Å²) < 4.78 is 0. The Hall–Kier alpha value is -3.48. The van der Waals surface area contributed by atoms with E-state index in [9.17, 15) is 14.7 Å². The number of carboxylic acid groups (broad SMARTS) is 1. The van der Waals surface area contributed by atoms with Crippen LogP contribution in [0, 0.1) is 11.8 Å². The first-order valence-corrected chi connectivity index (χ1v) is 12.2. The fraction of sp³-hybridized carbons (Fsp3) is 0.429. The van der Waals surface area contributed by atoms with E-state index >= 15 is 0 Å². The van der Waals surface area contributed by atoms with Crippen LogP contribution in [-0.4, -0.2) is 40.0 Å². The third kappa shape index (κ3) is 7.50. The van der Waals surface area contributed by atoms with Crippen molar-refractivity contribution < 1.29 is 14.7 Å². The second-order valence-electron chi connectivity index (χ2n) is 10.1. The van der Waals surface area contributed by atoms with Crippen molar-refractivity contribution in [3.8, 4) is 0 Å². The molecule has 2 aromatic carbocycles. The lowest BCUT2D eigenvalue weighted by atomic mass is 9.96. The van der Waals surface area contributed by atoms with Gasteiger partial charge in [-0.1, -0.05) is 46.8 Å². The molecule has 7 nitrogen and oxygen atoms in total. The lowest BCUT2D eigenvalue weighted by Crippen LogP contribution is -2.32. The molecule has 3 rings (SSSR count). The average molecular weight is 477 g/mol. The molecule has 0 aliphatic carbocycles. The van der Waals surface area contributed by atoms with Gasteiger partial charge in [-0.25, -0.2) is 0 Å². The number of rotatable bonds is 11. The van der Waals surface area contributed by atoms with Gasteiger partial charge in [0, 0.05) is 25.5 Å². The minimum atomic E-state index is -0.840. The maximum atomic E-state index is 13.1. The first-order valence-electron chi connectivity index (χ1n) is 12.2. The third-order valence-electron chi connectivity index (χ3n) is 5.75. The molecule has 1 aromatic heterocycles. The van der Waals surface area contributed by atoms with E-state index in [2.05, 4.69) is 47.9 Å². The normalized spacial score (nSPS) is 12.2. The Kier molecular flexibility index (Phi) is 8.79. The van der Waals surface area contributed by atoms with Crippen LogP contribution in [0.1, 0.15) is 58.1 Å². The lowest BCUT2D eigenvalue weighted by Gasteiger charge is -2.31. The fourth-order valence-electron chi connectivity index (χ4n) is 4.27. The number of carbonyl (C=O) groups is 2. The molecule has 2 N–H and O–H groups in total. The Morgan fingerprint density at radius 1 is 0.914 bits per heavy atom. The van der Waals surface area contributed by atoms with Gasteiger partial charge in [-0.05, 0) is 53.1 Å². The molecule has 186 valence electrons. The number of aliphatic carboxylic acids is 1. The average Bonchev–Trinajstić information content (AvgIpc) is 2.77. The van der Waals surface area contributed by atoms with E-state index in [-0.39, 0.29) is 24.7 Å². The number of nitrogens with one attached hydrogen (secondary N) is 1. The molecule has 0 saturated carbocycles. The molecule has 0 radical (unpaired) electrons. The van der Waals surface area contributed by atoms with Crippen LogP contribution in [0.4, 0.5) is 11.4 Å². The third-order valence-corrected chi connectivity index (χ3v) is 5.75. The second kappa shape index (κ2) is 11.8. The number of amides is 1. The summed E-state index contributed by atoms with van der Waals surface area (Å²) in [5.74, 6) is -0.248. The van der Waals surface area contributed by atoms with Crippen LogP contribution in [0.25, 0.3) is 11.0 Å². The molecule has 35 heavy (non-hydrogen) atoms. The number of hydrogen-bond acceptors (Lipinski definition) is 5. The standard InChI is InChI=1S/C28H36N4O3/c1-18(2)16-32(17-19(3)4)26-9-7-22(20(5)12-28(34)35)15-25(26)31-27(33)14-21-6-8-23-24(13-21)30-11-10-29-23/h6-11,13,15,18-20H,12,14,16-17H2,1-5H3,(H,31,33)(H,34,35)/t20-/m1/s1. The molecule has 0 unspecified atom stereocenters. The zero-order chi connectivity index (χ0) is 25.5. The van der Waals surface area contributed by atoms with Crippen molar-refractivity contribution in [1.29, 1.82) is 0 Å². The molecule has 0 bridgehead atoms. The van der Waals surface area contributed by atoms with Crippen molar-refractivity contribution in [2.75, 3.05) is 23.3 Å². The summed E-state index contributed by atoms with van der Waals surface area (Å²) in [4.78, 5) is 35.3. The highest BCUT2D eigenvalue weighted by Crippen LogP contribution is 2.32. The quantitative estimate of drug-likeness (QED) is 0.379. The summed E-state index contributed by atoms with van der Waals surface area (Å²) in [6, 6.07) is 11.6. The Labute approximate surface area is 207 Å². The number of anilines is 2. The monoisotopic (exact) mass is 476 g/mol. The molecule has 1 atom stereocenters. The maximum absolute atomic E-state index is 13.1. The Bertz CT molecular complexity index is 1170. The number of aromatic nitrogens is 2. The smallest absolute Gasteiger partial charge is 0.303 e. The fourth-order valence-corrected chi connectivity index (χ4v) is 4.27. The van der Waals surface area contributed by atoms with Gasteiger partial charge in [-0.2, -0.15) is 0 Å². The summed E-state index contributed by atoms with van der Waals surface area (Å²) in [5, 5.41) is 12.4. The minimum absolute atomic E-state index is 0.0343. The van der Waals surface area contributed by atoms with Crippen molar-refractivity contribution in [2.45, 2.75) is 53.4 Å². The van der Waals surface area contributed by atoms with E-state index < -0.39 is 5.97 Å². The van der Waals surface area contributed by atoms with Crippen molar-refractivity contribution in [3.05, 3.63) is 59.9 Å². The zero-order valence-electron chi connectivity index (χ0n) is 21.3. The lowest BCUT2D eigenvalue weighted by molar-refractivity contribution is -0.137. The summed E-state index contributed by atoms with van der Waals surface area (Å²) in [6.07, 6.45) is 3.52. The van der Waals surface area contributed by atoms with Gasteiger partial charge in [-0.15, -0.1) is 0 Å². The molecule has 0 aliphatic rings. The topological polar surface area (TPSA) is 95.4 Å². The number of carboxylic acids is 1. The van der Waals surface area contributed by atoms with Gasteiger partial charge in [-0.3, -0.25) is 19.6 Å². The van der Waals surface area contributed by atoms with Crippen LogP contribution in [-0.2, 0) is 16.0 Å². The summed E-state index contributed by atoms with van der Waals surface area (Å²) in [7, 11) is 0. The minimum Gasteiger partial charge on any atom is -0.481 e. The van der Waals surface area contributed by atoms with Crippen LogP contribution in [0.5, 0.6) is 0 Å². The van der Waals surface area contributed by atoms with Crippen LogP contribution in [0.15, 0.2) is 48.8 Å². The summed E-state index contributed by atoms with van der Waals surface area (Å²) in [5.41, 5.74) is 4.96. The zero-order valence-corrected chi connectivity index (χ0v) is 21.3. The molecule has 3 aromatic rings. The van der Waals surface area contributed by atoms with E-state index in [1.54, 1.807) is 12.4 Å². The van der Waals surface area contributed by atoms with Gasteiger partial charge in [0.05, 0.1) is 35.2 Å². The SMILES string of the molecule is CC(C)CN(CC(C)C)c1ccc([C@H](C)CC(=O)O)cc1NC(=O)Cc1ccc2nccnc2c1. The predicted molar refractivity (Wildman–Crippen MR) is 141 cm³/mol. The molecular formula is C28H36N4O3. The van der Waals surface area contributed by atoms with Crippen LogP contribution >= 0.6 is 0 Å². The highest BCUT2D eigenvalue weighted by atomic mass is 16.4. The molecule has 1 heterocycles. The van der Waals surface area contributed by atoms with Gasteiger partial charge in [0.1, 0.15) is 0 Å². The van der Waals surface area contributed by atoms with Crippen molar-refractivity contribution in [2.24, 2.45) is 11.8 Å². The Morgan fingerprint density at radius 3 is 2.20 bits per heavy atom. The van der Waals surface area contributed by atoms with Crippen LogP contribution in [0.2, 0.25) is 0 Å². The largest absolute Gasteiger partial charge is 0.481 e. The first kappa shape index (κ1) is 26.1. The molecule has 7 heteroatoms. The number of nitrogens with zero attached hydrogens (tertiary/aromatic N) is 3.